The molecule has 158 valence electrons. The zero-order valence-corrected chi connectivity index (χ0v) is 18.3. The summed E-state index contributed by atoms with van der Waals surface area (Å²) in [5, 5.41) is 0. The van der Waals surface area contributed by atoms with Gasteiger partial charge in [0.05, 0.1) is 35.0 Å². The Morgan fingerprint density at radius 1 is 1.06 bits per heavy atom. The Morgan fingerprint density at radius 3 is 2.65 bits per heavy atom. The maximum Gasteiger partial charge on any atom is 0.175 e. The van der Waals surface area contributed by atoms with E-state index >= 15 is 0 Å². The molecule has 0 radical (unpaired) electrons. The van der Waals surface area contributed by atoms with Crippen molar-refractivity contribution in [2.75, 3.05) is 26.3 Å². The van der Waals surface area contributed by atoms with Crippen molar-refractivity contribution >= 4 is 33.2 Å². The summed E-state index contributed by atoms with van der Waals surface area (Å²) < 4.78 is 19.6. The Balaban J connectivity index is 1.56. The summed E-state index contributed by atoms with van der Waals surface area (Å²) in [5.41, 5.74) is 3.76. The third-order valence-corrected chi connectivity index (χ3v) is 6.63. The van der Waals surface area contributed by atoms with E-state index in [1.165, 1.54) is 6.07 Å². The van der Waals surface area contributed by atoms with Gasteiger partial charge in [-0.25, -0.2) is 4.39 Å². The first-order chi connectivity index (χ1) is 15.0. The van der Waals surface area contributed by atoms with Gasteiger partial charge in [0.1, 0.15) is 12.4 Å². The van der Waals surface area contributed by atoms with Crippen molar-refractivity contribution in [1.82, 2.24) is 4.90 Å². The minimum atomic E-state index is -0.547. The predicted octanol–water partition coefficient (Wildman–Crippen LogP) is 3.68. The van der Waals surface area contributed by atoms with E-state index in [2.05, 4.69) is 20.8 Å². The summed E-state index contributed by atoms with van der Waals surface area (Å²) >= 11 is 3.24. The van der Waals surface area contributed by atoms with E-state index in [4.69, 9.17) is 9.73 Å². The first-order valence-electron chi connectivity index (χ1n) is 10.2. The van der Waals surface area contributed by atoms with Crippen molar-refractivity contribution in [2.24, 2.45) is 10.9 Å². The Bertz CT molecular complexity index is 1130. The smallest absolute Gasteiger partial charge is 0.175 e. The summed E-state index contributed by atoms with van der Waals surface area (Å²) in [6.07, 6.45) is 0. The number of ketones is 2. The lowest BCUT2D eigenvalue weighted by Crippen LogP contribution is -2.48. The SMILES string of the molecule is O=C1CN(Cc2ccccc2)CC2=C1C(c1ccc(F)c(Br)c1)C1C(=O)COCC1=N2. The number of carbonyl (C=O) groups excluding carboxylic acids is 2. The van der Waals surface area contributed by atoms with Crippen molar-refractivity contribution in [3.8, 4) is 0 Å². The molecule has 5 nitrogen and oxygen atoms in total. The highest BCUT2D eigenvalue weighted by atomic mass is 79.9. The molecule has 2 atom stereocenters. The topological polar surface area (TPSA) is 59.0 Å². The van der Waals surface area contributed by atoms with Crippen LogP contribution in [0.3, 0.4) is 0 Å². The first kappa shape index (κ1) is 20.4. The Labute approximate surface area is 187 Å². The average Bonchev–Trinajstić information content (AvgIpc) is 2.75. The van der Waals surface area contributed by atoms with E-state index in [9.17, 15) is 14.0 Å². The second kappa shape index (κ2) is 8.22. The predicted molar refractivity (Wildman–Crippen MR) is 117 cm³/mol. The van der Waals surface area contributed by atoms with Crippen LogP contribution in [0.2, 0.25) is 0 Å². The lowest BCUT2D eigenvalue weighted by atomic mass is 9.71. The van der Waals surface area contributed by atoms with Gasteiger partial charge in [0, 0.05) is 24.6 Å². The van der Waals surface area contributed by atoms with Gasteiger partial charge in [0.15, 0.2) is 11.6 Å². The molecule has 1 saturated heterocycles. The van der Waals surface area contributed by atoms with E-state index in [0.29, 0.717) is 34.5 Å². The van der Waals surface area contributed by atoms with Crippen molar-refractivity contribution in [2.45, 2.75) is 12.5 Å². The van der Waals surface area contributed by atoms with Gasteiger partial charge in [-0.05, 0) is 39.2 Å². The molecule has 7 heteroatoms. The third-order valence-electron chi connectivity index (χ3n) is 6.03. The number of Topliss-reactive ketones (excluding diaryl/α,β-unsaturated/α-hetero) is 2. The van der Waals surface area contributed by atoms with Crippen molar-refractivity contribution in [1.29, 1.82) is 0 Å². The highest BCUT2D eigenvalue weighted by Crippen LogP contribution is 2.43. The molecule has 0 amide bonds. The van der Waals surface area contributed by atoms with Crippen molar-refractivity contribution in [3.05, 3.63) is 81.2 Å². The zero-order valence-electron chi connectivity index (χ0n) is 16.7. The van der Waals surface area contributed by atoms with Crippen LogP contribution in [0, 0.1) is 11.7 Å². The van der Waals surface area contributed by atoms with Gasteiger partial charge >= 0.3 is 0 Å². The molecular weight excluding hydrogens is 463 g/mol. The lowest BCUT2D eigenvalue weighted by molar-refractivity contribution is -0.127. The van der Waals surface area contributed by atoms with Crippen LogP contribution in [0.15, 0.2) is 69.3 Å². The second-order valence-electron chi connectivity index (χ2n) is 8.11. The molecule has 0 N–H and O–H groups in total. The van der Waals surface area contributed by atoms with E-state index in [0.717, 1.165) is 11.1 Å². The van der Waals surface area contributed by atoms with Gasteiger partial charge in [-0.3, -0.25) is 19.5 Å². The molecule has 31 heavy (non-hydrogen) atoms. The number of ether oxygens (including phenoxy) is 1. The quantitative estimate of drug-likeness (QED) is 0.669. The fourth-order valence-corrected chi connectivity index (χ4v) is 5.11. The molecule has 0 spiro atoms. The number of fused-ring (bicyclic) bond motifs is 1. The molecule has 2 aromatic rings. The molecule has 0 bridgehead atoms. The normalized spacial score (nSPS) is 24.0. The standard InChI is InChI=1S/C24H20BrFN2O3/c25-16-8-15(6-7-17(16)26)22-23-18(27-19-12-31-13-21(30)24(19)22)10-28(11-20(23)29)9-14-4-2-1-3-5-14/h1-8,22,24H,9-13H2. The van der Waals surface area contributed by atoms with Gasteiger partial charge in [-0.2, -0.15) is 0 Å². The van der Waals surface area contributed by atoms with Crippen LogP contribution in [-0.2, 0) is 20.9 Å². The number of nitrogens with zero attached hydrogens (tertiary/aromatic N) is 2. The summed E-state index contributed by atoms with van der Waals surface area (Å²) in [4.78, 5) is 33.0. The minimum Gasteiger partial charge on any atom is -0.368 e. The summed E-state index contributed by atoms with van der Waals surface area (Å²) in [7, 11) is 0. The molecule has 0 saturated carbocycles. The fourth-order valence-electron chi connectivity index (χ4n) is 4.71. The molecule has 3 aliphatic rings. The van der Waals surface area contributed by atoms with Crippen LogP contribution in [-0.4, -0.2) is 48.5 Å². The van der Waals surface area contributed by atoms with E-state index in [-0.39, 0.29) is 37.1 Å². The summed E-state index contributed by atoms with van der Waals surface area (Å²) in [6.45, 7) is 1.67. The van der Waals surface area contributed by atoms with Gasteiger partial charge in [0.25, 0.3) is 0 Å². The van der Waals surface area contributed by atoms with Gasteiger partial charge in [-0.15, -0.1) is 0 Å². The first-order valence-corrected chi connectivity index (χ1v) is 11.0. The average molecular weight is 483 g/mol. The molecule has 0 aromatic heterocycles. The van der Waals surface area contributed by atoms with Crippen LogP contribution in [0.5, 0.6) is 0 Å². The van der Waals surface area contributed by atoms with Crippen LogP contribution in [0.1, 0.15) is 17.0 Å². The molecule has 0 aliphatic carbocycles. The van der Waals surface area contributed by atoms with Crippen LogP contribution >= 0.6 is 15.9 Å². The van der Waals surface area contributed by atoms with Crippen LogP contribution < -0.4 is 0 Å². The number of hydrogen-bond acceptors (Lipinski definition) is 5. The molecule has 2 aromatic carbocycles. The number of hydrogen-bond donors (Lipinski definition) is 0. The van der Waals surface area contributed by atoms with Gasteiger partial charge in [-0.1, -0.05) is 36.4 Å². The molecule has 3 heterocycles. The Kier molecular flexibility index (Phi) is 5.42. The number of aliphatic imine (C=N–C) groups is 1. The van der Waals surface area contributed by atoms with Crippen molar-refractivity contribution < 1.29 is 18.7 Å². The largest absolute Gasteiger partial charge is 0.368 e. The monoisotopic (exact) mass is 482 g/mol. The van der Waals surface area contributed by atoms with Crippen molar-refractivity contribution in [3.63, 3.8) is 0 Å². The Morgan fingerprint density at radius 2 is 1.87 bits per heavy atom. The molecular formula is C24H20BrFN2O3. The molecule has 5 rings (SSSR count). The summed E-state index contributed by atoms with van der Waals surface area (Å²) in [5.74, 6) is -1.53. The van der Waals surface area contributed by atoms with E-state index in [1.54, 1.807) is 12.1 Å². The molecule has 1 fully saturated rings. The third kappa shape index (κ3) is 3.82. The number of benzene rings is 2. The maximum absolute atomic E-state index is 13.9. The minimum absolute atomic E-state index is 0.000509. The number of rotatable bonds is 3. The highest BCUT2D eigenvalue weighted by Gasteiger charge is 2.46. The van der Waals surface area contributed by atoms with Gasteiger partial charge < -0.3 is 4.74 Å². The van der Waals surface area contributed by atoms with E-state index < -0.39 is 11.8 Å². The highest BCUT2D eigenvalue weighted by molar-refractivity contribution is 9.10. The van der Waals surface area contributed by atoms with Crippen LogP contribution in [0.4, 0.5) is 4.39 Å². The summed E-state index contributed by atoms with van der Waals surface area (Å²) in [6, 6.07) is 14.7. The number of carbonyl (C=O) groups is 2. The maximum atomic E-state index is 13.9. The zero-order chi connectivity index (χ0) is 21.5. The Hall–Kier alpha value is -2.48. The lowest BCUT2D eigenvalue weighted by Gasteiger charge is -2.40. The van der Waals surface area contributed by atoms with Crippen LogP contribution in [0.25, 0.3) is 0 Å². The second-order valence-corrected chi connectivity index (χ2v) is 8.96. The molecule has 3 aliphatic heterocycles. The van der Waals surface area contributed by atoms with E-state index in [1.807, 2.05) is 30.3 Å². The fraction of sp³-hybridized carbons (Fsp3) is 0.292. The van der Waals surface area contributed by atoms with Gasteiger partial charge in [0.2, 0.25) is 0 Å². The number of halogens is 2. The molecule has 2 unspecified atom stereocenters.